The number of nitrogens with zero attached hydrogens (tertiary/aromatic N) is 5. The lowest BCUT2D eigenvalue weighted by atomic mass is 10.1. The topological polar surface area (TPSA) is 106 Å². The summed E-state index contributed by atoms with van der Waals surface area (Å²) in [6.07, 6.45) is 9.30. The molecule has 10 nitrogen and oxygen atoms in total. The molecule has 1 saturated carbocycles. The van der Waals surface area contributed by atoms with Gasteiger partial charge >= 0.3 is 0 Å². The number of ether oxygens (including phenoxy) is 2. The van der Waals surface area contributed by atoms with Gasteiger partial charge in [-0.2, -0.15) is 4.98 Å². The second-order valence-corrected chi connectivity index (χ2v) is 9.10. The van der Waals surface area contributed by atoms with Gasteiger partial charge in [-0.1, -0.05) is 12.8 Å². The number of hydrogen-bond acceptors (Lipinski definition) is 8. The van der Waals surface area contributed by atoms with E-state index in [1.807, 2.05) is 12.4 Å². The zero-order chi connectivity index (χ0) is 24.0. The minimum absolute atomic E-state index is 0.116. The Morgan fingerprint density at radius 3 is 2.83 bits per heavy atom. The second-order valence-electron chi connectivity index (χ2n) is 9.10. The molecule has 2 fully saturated rings. The highest BCUT2D eigenvalue weighted by atomic mass is 16.5. The van der Waals surface area contributed by atoms with Crippen LogP contribution in [0.15, 0.2) is 30.7 Å². The molecule has 186 valence electrons. The number of imidazole rings is 1. The molecular weight excluding hydrogens is 446 g/mol. The Labute approximate surface area is 205 Å². The van der Waals surface area contributed by atoms with Crippen molar-refractivity contribution >= 4 is 28.7 Å². The normalized spacial score (nSPS) is 17.1. The van der Waals surface area contributed by atoms with E-state index in [-0.39, 0.29) is 5.91 Å². The van der Waals surface area contributed by atoms with E-state index in [1.165, 1.54) is 12.8 Å². The van der Waals surface area contributed by atoms with Gasteiger partial charge in [0.1, 0.15) is 11.3 Å². The van der Waals surface area contributed by atoms with Crippen LogP contribution in [-0.2, 0) is 4.74 Å². The molecule has 35 heavy (non-hydrogen) atoms. The van der Waals surface area contributed by atoms with Gasteiger partial charge in [0.2, 0.25) is 5.95 Å². The minimum atomic E-state index is -0.116. The number of fused-ring (bicyclic) bond motifs is 1. The van der Waals surface area contributed by atoms with Gasteiger partial charge in [0.15, 0.2) is 5.65 Å². The molecule has 0 spiro atoms. The number of carbonyl (C=O) groups excluding carboxylic acids is 1. The summed E-state index contributed by atoms with van der Waals surface area (Å²) in [6, 6.07) is 5.79. The van der Waals surface area contributed by atoms with E-state index in [4.69, 9.17) is 14.5 Å². The zero-order valence-electron chi connectivity index (χ0n) is 20.2. The highest BCUT2D eigenvalue weighted by molar-refractivity contribution is 5.95. The van der Waals surface area contributed by atoms with E-state index in [0.29, 0.717) is 35.5 Å². The van der Waals surface area contributed by atoms with Crippen molar-refractivity contribution < 1.29 is 14.3 Å². The van der Waals surface area contributed by atoms with Crippen molar-refractivity contribution in [3.8, 4) is 5.75 Å². The van der Waals surface area contributed by atoms with E-state index in [1.54, 1.807) is 25.4 Å². The van der Waals surface area contributed by atoms with Gasteiger partial charge in [0.25, 0.3) is 5.91 Å². The van der Waals surface area contributed by atoms with Crippen LogP contribution < -0.4 is 15.4 Å². The number of nitrogens with one attached hydrogen (secondary N) is 2. The van der Waals surface area contributed by atoms with Crippen molar-refractivity contribution in [3.05, 3.63) is 36.3 Å². The SMILES string of the molecule is COc1cc(C(=O)NCCCN2CCOCC2)ccc1Nc1ncc2ncn(C3CCCC3)c2n1. The lowest BCUT2D eigenvalue weighted by Crippen LogP contribution is -2.38. The van der Waals surface area contributed by atoms with Crippen molar-refractivity contribution in [1.29, 1.82) is 0 Å². The number of benzene rings is 1. The number of morpholine rings is 1. The third-order valence-corrected chi connectivity index (χ3v) is 6.78. The largest absolute Gasteiger partial charge is 0.495 e. The molecule has 1 aromatic carbocycles. The summed E-state index contributed by atoms with van der Waals surface area (Å²) < 4.78 is 13.1. The number of carbonyl (C=O) groups is 1. The maximum Gasteiger partial charge on any atom is 0.251 e. The average Bonchev–Trinajstić information content (AvgIpc) is 3.57. The summed E-state index contributed by atoms with van der Waals surface area (Å²) in [7, 11) is 1.59. The van der Waals surface area contributed by atoms with Crippen LogP contribution in [-0.4, -0.2) is 76.8 Å². The van der Waals surface area contributed by atoms with Gasteiger partial charge in [-0.15, -0.1) is 0 Å². The van der Waals surface area contributed by atoms with Crippen molar-refractivity contribution in [3.63, 3.8) is 0 Å². The highest BCUT2D eigenvalue weighted by Gasteiger charge is 2.20. The summed E-state index contributed by atoms with van der Waals surface area (Å²) in [5.74, 6) is 0.907. The Balaban J connectivity index is 1.22. The first-order valence-electron chi connectivity index (χ1n) is 12.4. The molecule has 1 aliphatic carbocycles. The van der Waals surface area contributed by atoms with Gasteiger partial charge in [0.05, 0.1) is 38.5 Å². The molecule has 3 heterocycles. The minimum Gasteiger partial charge on any atom is -0.495 e. The standard InChI is InChI=1S/C25H33N7O3/c1-34-22-15-18(24(33)26-9-4-10-31-11-13-35-14-12-31)7-8-20(22)29-25-27-16-21-23(30-25)32(17-28-21)19-5-2-3-6-19/h7-8,15-17,19H,2-6,9-14H2,1H3,(H,26,33)(H,27,29,30). The van der Waals surface area contributed by atoms with Crippen LogP contribution >= 0.6 is 0 Å². The zero-order valence-corrected chi connectivity index (χ0v) is 20.2. The van der Waals surface area contributed by atoms with Gasteiger partial charge in [-0.05, 0) is 44.0 Å². The summed E-state index contributed by atoms with van der Waals surface area (Å²) in [6.45, 7) is 5.07. The summed E-state index contributed by atoms with van der Waals surface area (Å²) in [5, 5.41) is 6.24. The fourth-order valence-corrected chi connectivity index (χ4v) is 4.82. The lowest BCUT2D eigenvalue weighted by Gasteiger charge is -2.26. The lowest BCUT2D eigenvalue weighted by molar-refractivity contribution is 0.0374. The van der Waals surface area contributed by atoms with Crippen LogP contribution in [0.5, 0.6) is 5.75 Å². The molecule has 10 heteroatoms. The smallest absolute Gasteiger partial charge is 0.251 e. The van der Waals surface area contributed by atoms with Crippen molar-refractivity contribution in [2.45, 2.75) is 38.1 Å². The van der Waals surface area contributed by atoms with Crippen LogP contribution in [0.2, 0.25) is 0 Å². The average molecular weight is 480 g/mol. The first-order chi connectivity index (χ1) is 17.2. The van der Waals surface area contributed by atoms with Gasteiger partial charge in [0, 0.05) is 31.2 Å². The fraction of sp³-hybridized carbons (Fsp3) is 0.520. The molecule has 2 N–H and O–H groups in total. The Bertz CT molecular complexity index is 1150. The van der Waals surface area contributed by atoms with Crippen molar-refractivity contribution in [2.24, 2.45) is 0 Å². The van der Waals surface area contributed by atoms with Crippen LogP contribution in [0, 0.1) is 0 Å². The van der Waals surface area contributed by atoms with Gasteiger partial charge in [-0.3, -0.25) is 9.69 Å². The summed E-state index contributed by atoms with van der Waals surface area (Å²) in [4.78, 5) is 28.6. The van der Waals surface area contributed by atoms with E-state index < -0.39 is 0 Å². The Kier molecular flexibility index (Phi) is 7.39. The molecule has 0 unspecified atom stereocenters. The van der Waals surface area contributed by atoms with E-state index in [0.717, 1.165) is 63.3 Å². The molecule has 0 bridgehead atoms. The summed E-state index contributed by atoms with van der Waals surface area (Å²) >= 11 is 0. The Morgan fingerprint density at radius 2 is 2.03 bits per heavy atom. The molecular formula is C25H33N7O3. The van der Waals surface area contributed by atoms with Crippen LogP contribution in [0.4, 0.5) is 11.6 Å². The molecule has 1 saturated heterocycles. The second kappa shape index (κ2) is 11.0. The van der Waals surface area contributed by atoms with Gasteiger partial charge in [-0.25, -0.2) is 9.97 Å². The Hall–Kier alpha value is -3.24. The van der Waals surface area contributed by atoms with Crippen LogP contribution in [0.3, 0.4) is 0 Å². The third-order valence-electron chi connectivity index (χ3n) is 6.78. The molecule has 5 rings (SSSR count). The van der Waals surface area contributed by atoms with Crippen molar-refractivity contribution in [2.75, 3.05) is 51.8 Å². The summed E-state index contributed by atoms with van der Waals surface area (Å²) in [5.41, 5.74) is 2.87. The Morgan fingerprint density at radius 1 is 1.20 bits per heavy atom. The molecule has 1 amide bonds. The first-order valence-corrected chi connectivity index (χ1v) is 12.4. The maximum absolute atomic E-state index is 12.7. The highest BCUT2D eigenvalue weighted by Crippen LogP contribution is 2.32. The number of anilines is 2. The fourth-order valence-electron chi connectivity index (χ4n) is 4.82. The molecule has 0 atom stereocenters. The number of amides is 1. The number of rotatable bonds is 9. The molecule has 3 aromatic rings. The van der Waals surface area contributed by atoms with E-state index in [2.05, 4.69) is 30.1 Å². The predicted octanol–water partition coefficient (Wildman–Crippen LogP) is 3.15. The predicted molar refractivity (Wildman–Crippen MR) is 133 cm³/mol. The monoisotopic (exact) mass is 479 g/mol. The van der Waals surface area contributed by atoms with E-state index >= 15 is 0 Å². The maximum atomic E-state index is 12.7. The first kappa shape index (κ1) is 23.5. The quantitative estimate of drug-likeness (QED) is 0.451. The van der Waals surface area contributed by atoms with Crippen LogP contribution in [0.25, 0.3) is 11.2 Å². The number of hydrogen-bond donors (Lipinski definition) is 2. The van der Waals surface area contributed by atoms with Gasteiger partial charge < -0.3 is 24.7 Å². The molecule has 1 aliphatic heterocycles. The van der Waals surface area contributed by atoms with E-state index in [9.17, 15) is 4.79 Å². The molecule has 2 aliphatic rings. The van der Waals surface area contributed by atoms with Crippen LogP contribution in [0.1, 0.15) is 48.5 Å². The molecule has 0 radical (unpaired) electrons. The number of aromatic nitrogens is 4. The van der Waals surface area contributed by atoms with Crippen molar-refractivity contribution in [1.82, 2.24) is 29.7 Å². The molecule has 2 aromatic heterocycles. The number of methoxy groups -OCH3 is 1. The third kappa shape index (κ3) is 5.54.